The van der Waals surface area contributed by atoms with E-state index in [2.05, 4.69) is 64.5 Å². The van der Waals surface area contributed by atoms with Crippen LogP contribution in [0.2, 0.25) is 0 Å². The minimum absolute atomic E-state index is 0.532. The molecule has 0 radical (unpaired) electrons. The van der Waals surface area contributed by atoms with Crippen LogP contribution in [0.25, 0.3) is 10.9 Å². The maximum absolute atomic E-state index is 4.42. The molecule has 0 unspecified atom stereocenters. The van der Waals surface area contributed by atoms with Crippen molar-refractivity contribution >= 4 is 10.9 Å². The summed E-state index contributed by atoms with van der Waals surface area (Å²) in [6.45, 7) is 2.22. The van der Waals surface area contributed by atoms with E-state index in [4.69, 9.17) is 0 Å². The van der Waals surface area contributed by atoms with E-state index in [1.807, 2.05) is 12.3 Å². The van der Waals surface area contributed by atoms with Crippen molar-refractivity contribution < 1.29 is 0 Å². The Hall–Kier alpha value is -2.19. The fourth-order valence-electron chi connectivity index (χ4n) is 3.51. The highest BCUT2D eigenvalue weighted by molar-refractivity contribution is 5.79. The Labute approximate surface area is 131 Å². The second-order valence-corrected chi connectivity index (χ2v) is 6.07. The molecule has 22 heavy (non-hydrogen) atoms. The first-order valence-corrected chi connectivity index (χ1v) is 8.03. The molecular weight excluding hydrogens is 268 g/mol. The first kappa shape index (κ1) is 13.5. The largest absolute Gasteiger partial charge is 0.292 e. The number of fused-ring (bicyclic) bond motifs is 1. The third-order valence-corrected chi connectivity index (χ3v) is 4.60. The molecule has 0 saturated carbocycles. The third-order valence-electron chi connectivity index (χ3n) is 4.60. The van der Waals surface area contributed by atoms with Crippen molar-refractivity contribution in [3.05, 3.63) is 78.0 Å². The summed E-state index contributed by atoms with van der Waals surface area (Å²) < 4.78 is 0. The summed E-state index contributed by atoms with van der Waals surface area (Å²) in [6, 6.07) is 22.2. The maximum Gasteiger partial charge on any atom is 0.0702 e. The van der Waals surface area contributed by atoms with Gasteiger partial charge in [0.05, 0.1) is 5.52 Å². The van der Waals surface area contributed by atoms with E-state index in [1.54, 1.807) is 0 Å². The van der Waals surface area contributed by atoms with Gasteiger partial charge in [0, 0.05) is 24.2 Å². The van der Waals surface area contributed by atoms with Gasteiger partial charge in [-0.3, -0.25) is 9.88 Å². The van der Waals surface area contributed by atoms with Crippen LogP contribution in [0.3, 0.4) is 0 Å². The molecule has 1 aliphatic rings. The molecule has 110 valence electrons. The van der Waals surface area contributed by atoms with Crippen molar-refractivity contribution in [3.63, 3.8) is 0 Å². The number of nitrogens with zero attached hydrogens (tertiary/aromatic N) is 2. The zero-order chi connectivity index (χ0) is 14.8. The van der Waals surface area contributed by atoms with Crippen molar-refractivity contribution in [1.29, 1.82) is 0 Å². The van der Waals surface area contributed by atoms with Crippen molar-refractivity contribution in [2.45, 2.75) is 25.4 Å². The van der Waals surface area contributed by atoms with E-state index in [9.17, 15) is 0 Å². The van der Waals surface area contributed by atoms with Crippen LogP contribution in [0.15, 0.2) is 66.9 Å². The second-order valence-electron chi connectivity index (χ2n) is 6.07. The Kier molecular flexibility index (Phi) is 3.61. The lowest BCUT2D eigenvalue weighted by atomic mass is 10.0. The second kappa shape index (κ2) is 5.90. The smallest absolute Gasteiger partial charge is 0.0702 e. The van der Waals surface area contributed by atoms with Gasteiger partial charge in [-0.25, -0.2) is 0 Å². The van der Waals surface area contributed by atoms with Crippen molar-refractivity contribution in [3.8, 4) is 0 Å². The predicted molar refractivity (Wildman–Crippen MR) is 90.6 cm³/mol. The minimum Gasteiger partial charge on any atom is -0.292 e. The van der Waals surface area contributed by atoms with Crippen LogP contribution in [0.5, 0.6) is 0 Å². The van der Waals surface area contributed by atoms with Gasteiger partial charge in [-0.1, -0.05) is 42.5 Å². The van der Waals surface area contributed by atoms with Gasteiger partial charge in [0.25, 0.3) is 0 Å². The summed E-state index contributed by atoms with van der Waals surface area (Å²) in [7, 11) is 0. The maximum atomic E-state index is 4.42. The van der Waals surface area contributed by atoms with Crippen LogP contribution in [0, 0.1) is 0 Å². The number of rotatable bonds is 3. The first-order valence-electron chi connectivity index (χ1n) is 8.03. The van der Waals surface area contributed by atoms with Gasteiger partial charge in [-0.05, 0) is 48.7 Å². The Bertz CT molecular complexity index is 767. The van der Waals surface area contributed by atoms with E-state index < -0.39 is 0 Å². The lowest BCUT2D eigenvalue weighted by Gasteiger charge is -2.25. The van der Waals surface area contributed by atoms with E-state index in [0.29, 0.717) is 6.04 Å². The Morgan fingerprint density at radius 1 is 1.00 bits per heavy atom. The summed E-state index contributed by atoms with van der Waals surface area (Å²) in [4.78, 5) is 7.03. The molecule has 1 atom stereocenters. The lowest BCUT2D eigenvalue weighted by molar-refractivity contribution is 0.248. The number of likely N-dealkylation sites (tertiary alicyclic amines) is 1. The summed E-state index contributed by atoms with van der Waals surface area (Å²) in [5, 5.41) is 1.24. The highest BCUT2D eigenvalue weighted by Gasteiger charge is 2.25. The van der Waals surface area contributed by atoms with Gasteiger partial charge in [-0.2, -0.15) is 0 Å². The molecule has 2 aromatic carbocycles. The molecule has 1 saturated heterocycles. The molecule has 0 N–H and O–H groups in total. The summed E-state index contributed by atoms with van der Waals surface area (Å²) in [6.07, 6.45) is 4.39. The van der Waals surface area contributed by atoms with Crippen molar-refractivity contribution in [2.75, 3.05) is 6.54 Å². The van der Waals surface area contributed by atoms with Crippen LogP contribution in [-0.4, -0.2) is 16.4 Å². The predicted octanol–water partition coefficient (Wildman–Crippen LogP) is 4.57. The normalized spacial score (nSPS) is 18.8. The molecule has 2 heterocycles. The number of aromatic nitrogens is 1. The van der Waals surface area contributed by atoms with E-state index in [-0.39, 0.29) is 0 Å². The fourth-order valence-corrected chi connectivity index (χ4v) is 3.51. The minimum atomic E-state index is 0.532. The summed E-state index contributed by atoms with van der Waals surface area (Å²) >= 11 is 0. The van der Waals surface area contributed by atoms with Crippen LogP contribution >= 0.6 is 0 Å². The molecular formula is C20H20N2. The zero-order valence-corrected chi connectivity index (χ0v) is 12.7. The summed E-state index contributed by atoms with van der Waals surface area (Å²) in [5.41, 5.74) is 3.91. The van der Waals surface area contributed by atoms with Gasteiger partial charge in [0.2, 0.25) is 0 Å². The van der Waals surface area contributed by atoms with Crippen LogP contribution < -0.4 is 0 Å². The van der Waals surface area contributed by atoms with Gasteiger partial charge < -0.3 is 0 Å². The molecule has 0 aliphatic carbocycles. The number of hydrogen-bond donors (Lipinski definition) is 0. The highest BCUT2D eigenvalue weighted by Crippen LogP contribution is 2.34. The lowest BCUT2D eigenvalue weighted by Crippen LogP contribution is -2.22. The van der Waals surface area contributed by atoms with Gasteiger partial charge in [0.1, 0.15) is 0 Å². The molecule has 2 heteroatoms. The Morgan fingerprint density at radius 3 is 2.82 bits per heavy atom. The average molecular weight is 288 g/mol. The molecule has 1 aromatic heterocycles. The number of benzene rings is 2. The molecule has 1 aliphatic heterocycles. The highest BCUT2D eigenvalue weighted by atomic mass is 15.2. The van der Waals surface area contributed by atoms with Crippen molar-refractivity contribution in [2.24, 2.45) is 0 Å². The monoisotopic (exact) mass is 288 g/mol. The van der Waals surface area contributed by atoms with Crippen molar-refractivity contribution in [1.82, 2.24) is 9.88 Å². The SMILES string of the molecule is c1ccc(CN2CCC[C@@H]2c2ccc3ncccc3c2)cc1. The summed E-state index contributed by atoms with van der Waals surface area (Å²) in [5.74, 6) is 0. The topological polar surface area (TPSA) is 16.1 Å². The molecule has 3 aromatic rings. The molecule has 0 amide bonds. The van der Waals surface area contributed by atoms with Crippen LogP contribution in [0.4, 0.5) is 0 Å². The molecule has 2 nitrogen and oxygen atoms in total. The number of hydrogen-bond acceptors (Lipinski definition) is 2. The average Bonchev–Trinajstić information content (AvgIpc) is 3.03. The molecule has 0 spiro atoms. The zero-order valence-electron chi connectivity index (χ0n) is 12.7. The third kappa shape index (κ3) is 2.62. The standard InChI is InChI=1S/C20H20N2/c1-2-6-16(7-3-1)15-22-13-5-9-20(22)18-10-11-19-17(14-18)8-4-12-21-19/h1-4,6-8,10-12,14,20H,5,9,13,15H2/t20-/m1/s1. The van der Waals surface area contributed by atoms with E-state index >= 15 is 0 Å². The molecule has 4 rings (SSSR count). The quantitative estimate of drug-likeness (QED) is 0.701. The first-order chi connectivity index (χ1) is 10.9. The van der Waals surface area contributed by atoms with Gasteiger partial charge >= 0.3 is 0 Å². The van der Waals surface area contributed by atoms with E-state index in [0.717, 1.165) is 12.1 Å². The molecule has 1 fully saturated rings. The number of pyridine rings is 1. The van der Waals surface area contributed by atoms with Gasteiger partial charge in [0.15, 0.2) is 0 Å². The fraction of sp³-hybridized carbons (Fsp3) is 0.250. The van der Waals surface area contributed by atoms with E-state index in [1.165, 1.54) is 35.9 Å². The van der Waals surface area contributed by atoms with Crippen LogP contribution in [-0.2, 0) is 6.54 Å². The molecule has 0 bridgehead atoms. The van der Waals surface area contributed by atoms with Gasteiger partial charge in [-0.15, -0.1) is 0 Å². The Morgan fingerprint density at radius 2 is 1.91 bits per heavy atom. The Balaban J connectivity index is 1.61. The van der Waals surface area contributed by atoms with Crippen LogP contribution in [0.1, 0.15) is 30.0 Å².